The van der Waals surface area contributed by atoms with E-state index in [4.69, 9.17) is 0 Å². The summed E-state index contributed by atoms with van der Waals surface area (Å²) in [7, 11) is 1.41. The van der Waals surface area contributed by atoms with Crippen LogP contribution in [0.25, 0.3) is 5.95 Å². The molecular weight excluding hydrogens is 251 g/mol. The van der Waals surface area contributed by atoms with Crippen molar-refractivity contribution in [2.45, 2.75) is 6.18 Å². The summed E-state index contributed by atoms with van der Waals surface area (Å²) < 4.78 is 38.0. The summed E-state index contributed by atoms with van der Waals surface area (Å²) in [6.07, 6.45) is -0.180. The highest BCUT2D eigenvalue weighted by Gasteiger charge is 2.32. The molecule has 0 fully saturated rings. The first kappa shape index (κ1) is 12.3. The van der Waals surface area contributed by atoms with Crippen LogP contribution in [0.2, 0.25) is 0 Å². The minimum absolute atomic E-state index is 0.0344. The lowest BCUT2D eigenvalue weighted by Gasteiger charge is -2.03. The molecule has 6 nitrogen and oxygen atoms in total. The van der Waals surface area contributed by atoms with Crippen molar-refractivity contribution in [2.24, 2.45) is 0 Å². The Morgan fingerprint density at radius 3 is 2.39 bits per heavy atom. The van der Waals surface area contributed by atoms with Crippen LogP contribution in [0.15, 0.2) is 24.8 Å². The van der Waals surface area contributed by atoms with E-state index >= 15 is 0 Å². The number of anilines is 1. The minimum Gasteiger partial charge on any atom is -0.279 e. The molecule has 9 heteroatoms. The molecule has 0 unspecified atom stereocenters. The maximum Gasteiger partial charge on any atom is 0.419 e. The van der Waals surface area contributed by atoms with Crippen molar-refractivity contribution in [2.75, 3.05) is 12.6 Å². The van der Waals surface area contributed by atoms with Crippen molar-refractivity contribution in [3.8, 4) is 5.95 Å². The minimum atomic E-state index is -4.43. The van der Waals surface area contributed by atoms with Gasteiger partial charge in [-0.1, -0.05) is 0 Å². The maximum absolute atomic E-state index is 12.4. The molecule has 0 saturated carbocycles. The molecule has 0 spiro atoms. The highest BCUT2D eigenvalue weighted by atomic mass is 19.4. The van der Waals surface area contributed by atoms with E-state index in [1.54, 1.807) is 0 Å². The Morgan fingerprint density at radius 2 is 1.89 bits per heavy atom. The lowest BCUT2D eigenvalue weighted by Crippen LogP contribution is -2.05. The van der Waals surface area contributed by atoms with Gasteiger partial charge in [0.2, 0.25) is 0 Å². The summed E-state index contributed by atoms with van der Waals surface area (Å²) >= 11 is 0. The molecule has 0 radical (unpaired) electrons. The molecule has 0 saturated heterocycles. The first-order valence-corrected chi connectivity index (χ1v) is 4.74. The summed E-state index contributed by atoms with van der Waals surface area (Å²) in [5.41, 5.74) is 2.10. The van der Waals surface area contributed by atoms with Gasteiger partial charge in [-0.25, -0.2) is 14.6 Å². The van der Waals surface area contributed by atoms with Gasteiger partial charge in [-0.15, -0.1) is 0 Å². The van der Waals surface area contributed by atoms with Crippen LogP contribution >= 0.6 is 0 Å². The molecule has 0 aliphatic heterocycles. The molecule has 0 amide bonds. The summed E-state index contributed by atoms with van der Waals surface area (Å²) in [6, 6.07) is 0. The molecule has 2 heterocycles. The van der Waals surface area contributed by atoms with Crippen LogP contribution in [0.3, 0.4) is 0 Å². The predicted molar refractivity (Wildman–Crippen MR) is 54.8 cm³/mol. The van der Waals surface area contributed by atoms with Gasteiger partial charge in [0.25, 0.3) is 5.95 Å². The highest BCUT2D eigenvalue weighted by molar-refractivity contribution is 5.36. The van der Waals surface area contributed by atoms with E-state index in [0.717, 1.165) is 10.9 Å². The Labute approximate surface area is 99.4 Å². The highest BCUT2D eigenvalue weighted by Crippen LogP contribution is 2.28. The normalized spacial score (nSPS) is 11.6. The van der Waals surface area contributed by atoms with E-state index < -0.39 is 11.7 Å². The molecule has 0 aliphatic rings. The number of alkyl halides is 3. The predicted octanol–water partition coefficient (Wildman–Crippen LogP) is 1.65. The number of hydrogen-bond donors (Lipinski definition) is 1. The zero-order valence-corrected chi connectivity index (χ0v) is 9.14. The Hall–Kier alpha value is -2.16. The zero-order valence-electron chi connectivity index (χ0n) is 9.14. The summed E-state index contributed by atoms with van der Waals surface area (Å²) in [6.45, 7) is 0. The first-order chi connectivity index (χ1) is 8.50. The molecular formula is C9H8F3N5O. The average molecular weight is 259 g/mol. The molecule has 0 aliphatic carbocycles. The van der Waals surface area contributed by atoms with Crippen molar-refractivity contribution in [3.63, 3.8) is 0 Å². The summed E-state index contributed by atoms with van der Waals surface area (Å²) in [4.78, 5) is 12.3. The largest absolute Gasteiger partial charge is 0.419 e. The lowest BCUT2D eigenvalue weighted by molar-refractivity contribution is -0.137. The van der Waals surface area contributed by atoms with Crippen molar-refractivity contribution in [1.29, 1.82) is 0 Å². The van der Waals surface area contributed by atoms with Crippen LogP contribution in [0.5, 0.6) is 0 Å². The van der Waals surface area contributed by atoms with Crippen LogP contribution in [0.1, 0.15) is 5.56 Å². The van der Waals surface area contributed by atoms with Crippen molar-refractivity contribution >= 4 is 5.69 Å². The third kappa shape index (κ3) is 2.56. The second-order valence-corrected chi connectivity index (χ2v) is 3.25. The van der Waals surface area contributed by atoms with Crippen LogP contribution < -0.4 is 5.48 Å². The van der Waals surface area contributed by atoms with Crippen LogP contribution in [-0.4, -0.2) is 26.9 Å². The standard InChI is InChI=1S/C9H8F3N5O/c1-18-16-7-3-13-8(14-4-7)17-5-6(2-15-17)9(10,11)12/h2-5,16H,1H3. The Bertz CT molecular complexity index is 522. The first-order valence-electron chi connectivity index (χ1n) is 4.74. The fraction of sp³-hybridized carbons (Fsp3) is 0.222. The quantitative estimate of drug-likeness (QED) is 0.849. The van der Waals surface area contributed by atoms with Crippen molar-refractivity contribution in [3.05, 3.63) is 30.4 Å². The summed E-state index contributed by atoms with van der Waals surface area (Å²) in [5, 5.41) is 3.55. The van der Waals surface area contributed by atoms with Gasteiger partial charge in [-0.3, -0.25) is 10.3 Å². The van der Waals surface area contributed by atoms with Gasteiger partial charge >= 0.3 is 6.18 Å². The van der Waals surface area contributed by atoms with E-state index in [2.05, 4.69) is 25.4 Å². The van der Waals surface area contributed by atoms with E-state index in [9.17, 15) is 13.2 Å². The number of nitrogens with zero attached hydrogens (tertiary/aromatic N) is 4. The third-order valence-corrected chi connectivity index (χ3v) is 1.97. The molecule has 0 atom stereocenters. The van der Waals surface area contributed by atoms with Gasteiger partial charge in [-0.05, 0) is 0 Å². The number of rotatable bonds is 3. The Kier molecular flexibility index (Phi) is 3.15. The SMILES string of the molecule is CONc1cnc(-n2cc(C(F)(F)F)cn2)nc1. The van der Waals surface area contributed by atoms with Crippen LogP contribution in [0, 0.1) is 0 Å². The van der Waals surface area contributed by atoms with E-state index in [1.807, 2.05) is 0 Å². The van der Waals surface area contributed by atoms with Gasteiger partial charge in [0.1, 0.15) is 0 Å². The molecule has 2 aromatic rings. The molecule has 0 bridgehead atoms. The monoisotopic (exact) mass is 259 g/mol. The molecule has 1 N–H and O–H groups in total. The third-order valence-electron chi connectivity index (χ3n) is 1.97. The number of halogens is 3. The van der Waals surface area contributed by atoms with Crippen molar-refractivity contribution in [1.82, 2.24) is 19.7 Å². The Balaban J connectivity index is 2.23. The Morgan fingerprint density at radius 1 is 1.22 bits per heavy atom. The smallest absolute Gasteiger partial charge is 0.279 e. The van der Waals surface area contributed by atoms with Gasteiger partial charge < -0.3 is 0 Å². The fourth-order valence-corrected chi connectivity index (χ4v) is 1.19. The molecule has 2 rings (SSSR count). The van der Waals surface area contributed by atoms with Crippen LogP contribution in [-0.2, 0) is 11.0 Å². The molecule has 0 aromatic carbocycles. The lowest BCUT2D eigenvalue weighted by atomic mass is 10.4. The second-order valence-electron chi connectivity index (χ2n) is 3.25. The van der Waals surface area contributed by atoms with E-state index in [-0.39, 0.29) is 5.95 Å². The molecule has 96 valence electrons. The zero-order chi connectivity index (χ0) is 13.2. The second kappa shape index (κ2) is 4.61. The van der Waals surface area contributed by atoms with E-state index in [0.29, 0.717) is 11.9 Å². The fourth-order valence-electron chi connectivity index (χ4n) is 1.19. The maximum atomic E-state index is 12.4. The molecule has 2 aromatic heterocycles. The van der Waals surface area contributed by atoms with E-state index in [1.165, 1.54) is 19.5 Å². The van der Waals surface area contributed by atoms with Gasteiger partial charge in [-0.2, -0.15) is 18.3 Å². The van der Waals surface area contributed by atoms with Crippen LogP contribution in [0.4, 0.5) is 18.9 Å². The number of hydrogen-bond acceptors (Lipinski definition) is 5. The van der Waals surface area contributed by atoms with Gasteiger partial charge in [0.05, 0.1) is 37.0 Å². The summed E-state index contributed by atoms with van der Waals surface area (Å²) in [5.74, 6) is 0.0344. The average Bonchev–Trinajstić information content (AvgIpc) is 2.79. The topological polar surface area (TPSA) is 64.9 Å². The van der Waals surface area contributed by atoms with Crippen molar-refractivity contribution < 1.29 is 18.0 Å². The van der Waals surface area contributed by atoms with Gasteiger partial charge in [0.15, 0.2) is 0 Å². The van der Waals surface area contributed by atoms with Gasteiger partial charge in [0, 0.05) is 6.20 Å². The number of aromatic nitrogens is 4. The molecule has 18 heavy (non-hydrogen) atoms. The number of nitrogens with one attached hydrogen (secondary N) is 1.